The van der Waals surface area contributed by atoms with E-state index in [1.165, 1.54) is 11.8 Å². The molecular formula is C15H17N3O2S. The molecule has 0 aliphatic carbocycles. The Morgan fingerprint density at radius 3 is 2.52 bits per heavy atom. The number of hydrogen-bond acceptors (Lipinski definition) is 5. The van der Waals surface area contributed by atoms with E-state index in [0.717, 1.165) is 22.8 Å². The summed E-state index contributed by atoms with van der Waals surface area (Å²) in [6, 6.07) is 3.65. The zero-order valence-electron chi connectivity index (χ0n) is 12.5. The van der Waals surface area contributed by atoms with Gasteiger partial charge in [-0.25, -0.2) is 19.7 Å². The Hall–Kier alpha value is -1.95. The third-order valence-electron chi connectivity index (χ3n) is 2.96. The molecule has 0 saturated carbocycles. The zero-order valence-corrected chi connectivity index (χ0v) is 13.3. The number of nitrogens with zero attached hydrogens (tertiary/aromatic N) is 3. The fraction of sp³-hybridized carbons (Fsp3) is 0.333. The first-order valence-electron chi connectivity index (χ1n) is 6.64. The van der Waals surface area contributed by atoms with E-state index in [1.807, 2.05) is 26.8 Å². The van der Waals surface area contributed by atoms with Crippen LogP contribution in [0.1, 0.15) is 40.1 Å². The number of aryl methyl sites for hydroxylation is 4. The van der Waals surface area contributed by atoms with Crippen molar-refractivity contribution in [2.45, 2.75) is 44.2 Å². The second-order valence-corrected chi connectivity index (χ2v) is 5.78. The van der Waals surface area contributed by atoms with Crippen molar-refractivity contribution >= 4 is 17.7 Å². The molecular weight excluding hydrogens is 286 g/mol. The topological polar surface area (TPSA) is 76.0 Å². The molecule has 1 N–H and O–H groups in total. The van der Waals surface area contributed by atoms with Crippen molar-refractivity contribution in [3.05, 3.63) is 40.5 Å². The van der Waals surface area contributed by atoms with Gasteiger partial charge >= 0.3 is 5.97 Å². The quantitative estimate of drug-likeness (QED) is 0.874. The summed E-state index contributed by atoms with van der Waals surface area (Å²) >= 11 is 1.27. The summed E-state index contributed by atoms with van der Waals surface area (Å²) in [5.41, 5.74) is 2.67. The number of aromatic nitrogens is 3. The lowest BCUT2D eigenvalue weighted by Gasteiger charge is -2.09. The highest BCUT2D eigenvalue weighted by Gasteiger charge is 2.17. The Morgan fingerprint density at radius 1 is 1.19 bits per heavy atom. The fourth-order valence-corrected chi connectivity index (χ4v) is 3.18. The summed E-state index contributed by atoms with van der Waals surface area (Å²) in [6.07, 6.45) is 0.809. The number of rotatable bonds is 4. The van der Waals surface area contributed by atoms with E-state index in [4.69, 9.17) is 0 Å². The van der Waals surface area contributed by atoms with Crippen LogP contribution >= 0.6 is 11.8 Å². The number of carboxylic acid groups (broad SMARTS) is 1. The van der Waals surface area contributed by atoms with Crippen LogP contribution in [0.5, 0.6) is 0 Å². The molecule has 0 atom stereocenters. The van der Waals surface area contributed by atoms with Gasteiger partial charge in [0, 0.05) is 11.4 Å². The van der Waals surface area contributed by atoms with E-state index < -0.39 is 5.97 Å². The Morgan fingerprint density at radius 2 is 1.90 bits per heavy atom. The second kappa shape index (κ2) is 6.22. The minimum atomic E-state index is -0.969. The molecule has 0 bridgehead atoms. The molecule has 0 aromatic carbocycles. The predicted molar refractivity (Wildman–Crippen MR) is 80.9 cm³/mol. The minimum absolute atomic E-state index is 0.236. The maximum absolute atomic E-state index is 11.4. The first kappa shape index (κ1) is 15.4. The maximum Gasteiger partial charge on any atom is 0.338 e. The van der Waals surface area contributed by atoms with E-state index in [1.54, 1.807) is 13.0 Å². The first-order chi connectivity index (χ1) is 9.90. The summed E-state index contributed by atoms with van der Waals surface area (Å²) in [5, 5.41) is 10.6. The van der Waals surface area contributed by atoms with Crippen molar-refractivity contribution in [2.24, 2.45) is 0 Å². The highest BCUT2D eigenvalue weighted by molar-refractivity contribution is 7.99. The standard InChI is InChI=1S/C15H17N3O2S/c1-5-11-7-12(18-10(4)17-11)21-14-13(15(19)20)8(2)6-9(3)16-14/h6-7H,5H2,1-4H3,(H,19,20). The van der Waals surface area contributed by atoms with Crippen LogP contribution in [0.4, 0.5) is 0 Å². The van der Waals surface area contributed by atoms with Gasteiger partial charge in [0.05, 0.1) is 5.56 Å². The van der Waals surface area contributed by atoms with Gasteiger partial charge in [0.15, 0.2) is 0 Å². The van der Waals surface area contributed by atoms with Crippen LogP contribution in [-0.2, 0) is 6.42 Å². The van der Waals surface area contributed by atoms with Gasteiger partial charge in [-0.05, 0) is 56.7 Å². The monoisotopic (exact) mass is 303 g/mol. The van der Waals surface area contributed by atoms with Crippen LogP contribution < -0.4 is 0 Å². The number of carbonyl (C=O) groups is 1. The summed E-state index contributed by atoms with van der Waals surface area (Å²) in [5.74, 6) is -0.290. The highest BCUT2D eigenvalue weighted by Crippen LogP contribution is 2.30. The average Bonchev–Trinajstić information content (AvgIpc) is 2.36. The lowest BCUT2D eigenvalue weighted by molar-refractivity contribution is 0.0691. The van der Waals surface area contributed by atoms with Crippen molar-refractivity contribution in [2.75, 3.05) is 0 Å². The minimum Gasteiger partial charge on any atom is -0.478 e. The third-order valence-corrected chi connectivity index (χ3v) is 3.86. The summed E-state index contributed by atoms with van der Waals surface area (Å²) in [4.78, 5) is 24.5. The van der Waals surface area contributed by atoms with Crippen LogP contribution in [0.25, 0.3) is 0 Å². The van der Waals surface area contributed by atoms with E-state index in [0.29, 0.717) is 16.4 Å². The molecule has 0 amide bonds. The summed E-state index contributed by atoms with van der Waals surface area (Å²) < 4.78 is 0. The van der Waals surface area contributed by atoms with E-state index >= 15 is 0 Å². The van der Waals surface area contributed by atoms with Crippen molar-refractivity contribution in [1.82, 2.24) is 15.0 Å². The van der Waals surface area contributed by atoms with Gasteiger partial charge in [-0.3, -0.25) is 0 Å². The van der Waals surface area contributed by atoms with E-state index in [9.17, 15) is 9.90 Å². The normalized spacial score (nSPS) is 10.7. The number of hydrogen-bond donors (Lipinski definition) is 1. The molecule has 21 heavy (non-hydrogen) atoms. The van der Waals surface area contributed by atoms with Gasteiger partial charge in [0.25, 0.3) is 0 Å². The van der Waals surface area contributed by atoms with Crippen LogP contribution in [-0.4, -0.2) is 26.0 Å². The largest absolute Gasteiger partial charge is 0.478 e. The Bertz CT molecular complexity index is 702. The molecule has 2 aromatic heterocycles. The lowest BCUT2D eigenvalue weighted by Crippen LogP contribution is -2.06. The zero-order chi connectivity index (χ0) is 15.6. The number of aromatic carboxylic acids is 1. The number of carboxylic acids is 1. The molecule has 0 saturated heterocycles. The van der Waals surface area contributed by atoms with Crippen LogP contribution in [0, 0.1) is 20.8 Å². The Labute approximate surface area is 127 Å². The highest BCUT2D eigenvalue weighted by atomic mass is 32.2. The van der Waals surface area contributed by atoms with Gasteiger partial charge in [-0.15, -0.1) is 0 Å². The smallest absolute Gasteiger partial charge is 0.338 e. The van der Waals surface area contributed by atoms with Crippen LogP contribution in [0.3, 0.4) is 0 Å². The molecule has 2 rings (SSSR count). The molecule has 0 fully saturated rings. The molecule has 0 spiro atoms. The molecule has 0 radical (unpaired) electrons. The van der Waals surface area contributed by atoms with E-state index in [2.05, 4.69) is 15.0 Å². The van der Waals surface area contributed by atoms with Gasteiger partial charge in [-0.1, -0.05) is 6.92 Å². The SMILES string of the molecule is CCc1cc(Sc2nc(C)cc(C)c2C(=O)O)nc(C)n1. The number of pyridine rings is 1. The maximum atomic E-state index is 11.4. The second-order valence-electron chi connectivity index (χ2n) is 4.77. The van der Waals surface area contributed by atoms with Gasteiger partial charge in [0.2, 0.25) is 0 Å². The van der Waals surface area contributed by atoms with Crippen molar-refractivity contribution in [1.29, 1.82) is 0 Å². The fourth-order valence-electron chi connectivity index (χ4n) is 2.07. The molecule has 110 valence electrons. The third kappa shape index (κ3) is 3.58. The molecule has 2 heterocycles. The molecule has 6 heteroatoms. The van der Waals surface area contributed by atoms with Crippen LogP contribution in [0.2, 0.25) is 0 Å². The van der Waals surface area contributed by atoms with Gasteiger partial charge < -0.3 is 5.11 Å². The predicted octanol–water partition coefficient (Wildman–Crippen LogP) is 3.21. The van der Waals surface area contributed by atoms with Crippen molar-refractivity contribution in [3.8, 4) is 0 Å². The molecule has 0 unspecified atom stereocenters. The van der Waals surface area contributed by atoms with Crippen molar-refractivity contribution < 1.29 is 9.90 Å². The van der Waals surface area contributed by atoms with Crippen LogP contribution in [0.15, 0.2) is 22.2 Å². The van der Waals surface area contributed by atoms with E-state index in [-0.39, 0.29) is 5.56 Å². The molecule has 5 nitrogen and oxygen atoms in total. The lowest BCUT2D eigenvalue weighted by atomic mass is 10.1. The van der Waals surface area contributed by atoms with Crippen molar-refractivity contribution in [3.63, 3.8) is 0 Å². The summed E-state index contributed by atoms with van der Waals surface area (Å²) in [7, 11) is 0. The van der Waals surface area contributed by atoms with Gasteiger partial charge in [0.1, 0.15) is 15.9 Å². The average molecular weight is 303 g/mol. The Kier molecular flexibility index (Phi) is 4.57. The first-order valence-corrected chi connectivity index (χ1v) is 7.46. The molecule has 0 aliphatic heterocycles. The molecule has 0 aliphatic rings. The summed E-state index contributed by atoms with van der Waals surface area (Å²) in [6.45, 7) is 7.49. The Balaban J connectivity index is 2.48. The van der Waals surface area contributed by atoms with Gasteiger partial charge in [-0.2, -0.15) is 0 Å². The molecule has 2 aromatic rings.